The van der Waals surface area contributed by atoms with Gasteiger partial charge in [0.1, 0.15) is 0 Å². The van der Waals surface area contributed by atoms with Gasteiger partial charge in [-0.1, -0.05) is 19.9 Å². The molecular weight excluding hydrogens is 242 g/mol. The number of ether oxygens (including phenoxy) is 1. The van der Waals surface area contributed by atoms with Crippen LogP contribution in [0, 0.1) is 0 Å². The summed E-state index contributed by atoms with van der Waals surface area (Å²) < 4.78 is 12.0. The molecule has 1 saturated heterocycles. The molecule has 1 aliphatic heterocycles. The van der Waals surface area contributed by atoms with Crippen LogP contribution in [0.1, 0.15) is 26.2 Å². The van der Waals surface area contributed by atoms with Gasteiger partial charge in [-0.05, 0) is 38.2 Å². The lowest BCUT2D eigenvalue weighted by molar-refractivity contribution is 0.0235. The van der Waals surface area contributed by atoms with Crippen LogP contribution in [0.5, 0.6) is 0 Å². The van der Waals surface area contributed by atoms with E-state index in [1.165, 1.54) is 18.9 Å². The van der Waals surface area contributed by atoms with Gasteiger partial charge in [0.15, 0.2) is 8.32 Å². The third-order valence-corrected chi connectivity index (χ3v) is 5.88. The lowest BCUT2D eigenvalue weighted by atomic mass is 10.3. The average molecular weight is 271 g/mol. The van der Waals surface area contributed by atoms with E-state index in [2.05, 4.69) is 31.5 Å². The van der Waals surface area contributed by atoms with Gasteiger partial charge in [-0.25, -0.2) is 0 Å². The fourth-order valence-electron chi connectivity index (χ4n) is 2.33. The first-order chi connectivity index (χ1) is 8.57. The number of rotatable bonds is 6. The molecule has 0 radical (unpaired) electrons. The third-order valence-electron chi connectivity index (χ3n) is 3.35. The van der Waals surface area contributed by atoms with Gasteiger partial charge in [0.05, 0.1) is 12.7 Å². The molecule has 0 saturated carbocycles. The van der Waals surface area contributed by atoms with Gasteiger partial charge in [-0.3, -0.25) is 0 Å². The van der Waals surface area contributed by atoms with Gasteiger partial charge in [0.25, 0.3) is 0 Å². The van der Waals surface area contributed by atoms with Crippen LogP contribution >= 0.6 is 0 Å². The Morgan fingerprint density at radius 3 is 2.89 bits per heavy atom. The van der Waals surface area contributed by atoms with Crippen molar-refractivity contribution in [2.45, 2.75) is 51.4 Å². The van der Waals surface area contributed by atoms with Gasteiger partial charge in [-0.15, -0.1) is 0 Å². The van der Waals surface area contributed by atoms with Gasteiger partial charge < -0.3 is 14.1 Å². The molecule has 1 aliphatic rings. The lowest BCUT2D eigenvalue weighted by Gasteiger charge is -2.34. The predicted octanol–water partition coefficient (Wildman–Crippen LogP) is 3.24. The fraction of sp³-hybridized carbons (Fsp3) is 0.857. The van der Waals surface area contributed by atoms with Crippen LogP contribution in [0.25, 0.3) is 0 Å². The first kappa shape index (κ1) is 15.7. The number of hydrogen-bond acceptors (Lipinski definition) is 3. The number of hydrogen-bond donors (Lipinski definition) is 0. The molecule has 1 atom stereocenters. The summed E-state index contributed by atoms with van der Waals surface area (Å²) >= 11 is 0. The van der Waals surface area contributed by atoms with Crippen LogP contribution in [0.4, 0.5) is 0 Å². The molecule has 1 fully saturated rings. The molecule has 106 valence electrons. The van der Waals surface area contributed by atoms with Crippen molar-refractivity contribution in [1.82, 2.24) is 4.90 Å². The average Bonchev–Trinajstić information content (AvgIpc) is 2.30. The van der Waals surface area contributed by atoms with Crippen LogP contribution < -0.4 is 0 Å². The van der Waals surface area contributed by atoms with Crippen LogP contribution in [0.2, 0.25) is 19.1 Å². The van der Waals surface area contributed by atoms with Gasteiger partial charge in [0, 0.05) is 19.7 Å². The van der Waals surface area contributed by atoms with Gasteiger partial charge >= 0.3 is 0 Å². The second-order valence-corrected chi connectivity index (χ2v) is 9.96. The van der Waals surface area contributed by atoms with E-state index in [1.807, 2.05) is 6.20 Å². The lowest BCUT2D eigenvalue weighted by Crippen LogP contribution is -2.44. The van der Waals surface area contributed by atoms with Crippen molar-refractivity contribution in [3.8, 4) is 0 Å². The molecule has 0 aromatic rings. The largest absolute Gasteiger partial charge is 0.410 e. The summed E-state index contributed by atoms with van der Waals surface area (Å²) in [5.74, 6) is 0. The Kier molecular flexibility index (Phi) is 6.97. The van der Waals surface area contributed by atoms with Gasteiger partial charge in [0.2, 0.25) is 0 Å². The third kappa shape index (κ3) is 6.02. The Morgan fingerprint density at radius 1 is 1.44 bits per heavy atom. The summed E-state index contributed by atoms with van der Waals surface area (Å²) in [6.07, 6.45) is 5.72. The molecule has 0 aromatic heterocycles. The van der Waals surface area contributed by atoms with E-state index in [9.17, 15) is 0 Å². The summed E-state index contributed by atoms with van der Waals surface area (Å²) in [4.78, 5) is 2.27. The molecular formula is C14H29NO2Si. The highest BCUT2D eigenvalue weighted by Crippen LogP contribution is 2.19. The van der Waals surface area contributed by atoms with E-state index in [0.717, 1.165) is 32.7 Å². The Balaban J connectivity index is 2.47. The summed E-state index contributed by atoms with van der Waals surface area (Å²) in [5.41, 5.74) is 0. The number of nitrogens with zero attached hydrogens (tertiary/aromatic N) is 1. The normalized spacial score (nSPS) is 24.1. The van der Waals surface area contributed by atoms with E-state index in [4.69, 9.17) is 9.16 Å². The summed E-state index contributed by atoms with van der Waals surface area (Å²) in [6.45, 7) is 14.3. The zero-order chi connectivity index (χ0) is 13.4. The highest BCUT2D eigenvalue weighted by Gasteiger charge is 2.28. The van der Waals surface area contributed by atoms with Crippen LogP contribution in [0.3, 0.4) is 0 Å². The molecule has 18 heavy (non-hydrogen) atoms. The molecule has 4 heteroatoms. The molecule has 0 amide bonds. The molecule has 1 unspecified atom stereocenters. The van der Waals surface area contributed by atoms with Gasteiger partial charge in [-0.2, -0.15) is 0 Å². The fourth-order valence-corrected chi connectivity index (χ4v) is 4.49. The SMILES string of the molecule is C=CN(CCCC)CC1COCCC[Si](C)(C)O1. The van der Waals surface area contributed by atoms with E-state index in [1.54, 1.807) is 0 Å². The Bertz CT molecular complexity index is 246. The van der Waals surface area contributed by atoms with Crippen molar-refractivity contribution in [2.24, 2.45) is 0 Å². The van der Waals surface area contributed by atoms with Crippen molar-refractivity contribution in [3.63, 3.8) is 0 Å². The van der Waals surface area contributed by atoms with Crippen LogP contribution in [-0.4, -0.2) is 45.6 Å². The quantitative estimate of drug-likeness (QED) is 0.692. The standard InChI is InChI=1S/C14H29NO2Si/c1-5-7-9-15(6-2)12-14-13-16-10-8-11-18(3,4)17-14/h6,14H,2,5,7-13H2,1,3-4H3. The molecule has 0 spiro atoms. The minimum Gasteiger partial charge on any atom is -0.410 e. The molecule has 1 heterocycles. The van der Waals surface area contributed by atoms with Crippen molar-refractivity contribution in [1.29, 1.82) is 0 Å². The van der Waals surface area contributed by atoms with Crippen molar-refractivity contribution < 1.29 is 9.16 Å². The molecule has 0 bridgehead atoms. The predicted molar refractivity (Wildman–Crippen MR) is 79.3 cm³/mol. The maximum absolute atomic E-state index is 6.32. The van der Waals surface area contributed by atoms with Crippen molar-refractivity contribution >= 4 is 8.32 Å². The molecule has 0 aromatic carbocycles. The topological polar surface area (TPSA) is 21.7 Å². The summed E-state index contributed by atoms with van der Waals surface area (Å²) in [7, 11) is -1.49. The number of unbranched alkanes of at least 4 members (excludes halogenated alkanes) is 1. The zero-order valence-corrected chi connectivity index (χ0v) is 13.3. The molecule has 3 nitrogen and oxygen atoms in total. The summed E-state index contributed by atoms with van der Waals surface area (Å²) in [5, 5.41) is 0. The maximum Gasteiger partial charge on any atom is 0.187 e. The van der Waals surface area contributed by atoms with Crippen LogP contribution in [0.15, 0.2) is 12.8 Å². The molecule has 1 rings (SSSR count). The minimum atomic E-state index is -1.49. The van der Waals surface area contributed by atoms with Crippen molar-refractivity contribution in [2.75, 3.05) is 26.3 Å². The Labute approximate surface area is 113 Å². The highest BCUT2D eigenvalue weighted by molar-refractivity contribution is 6.71. The molecule has 0 N–H and O–H groups in total. The smallest absolute Gasteiger partial charge is 0.187 e. The monoisotopic (exact) mass is 271 g/mol. The zero-order valence-electron chi connectivity index (χ0n) is 12.3. The maximum atomic E-state index is 6.32. The van der Waals surface area contributed by atoms with E-state index >= 15 is 0 Å². The van der Waals surface area contributed by atoms with E-state index in [-0.39, 0.29) is 6.10 Å². The van der Waals surface area contributed by atoms with E-state index < -0.39 is 8.32 Å². The van der Waals surface area contributed by atoms with Crippen LogP contribution in [-0.2, 0) is 9.16 Å². The minimum absolute atomic E-state index is 0.210. The second-order valence-electron chi connectivity index (χ2n) is 5.71. The highest BCUT2D eigenvalue weighted by atomic mass is 28.4. The first-order valence-electron chi connectivity index (χ1n) is 7.19. The van der Waals surface area contributed by atoms with Crippen molar-refractivity contribution in [3.05, 3.63) is 12.8 Å². The molecule has 0 aliphatic carbocycles. The Morgan fingerprint density at radius 2 is 2.22 bits per heavy atom. The summed E-state index contributed by atoms with van der Waals surface area (Å²) in [6, 6.07) is 1.20. The Hall–Kier alpha value is -0.323. The second kappa shape index (κ2) is 7.97. The first-order valence-corrected chi connectivity index (χ1v) is 10.3. The van der Waals surface area contributed by atoms with E-state index in [0.29, 0.717) is 0 Å².